The second-order valence-electron chi connectivity index (χ2n) is 4.92. The Bertz CT molecular complexity index is 548. The predicted molar refractivity (Wildman–Crippen MR) is 91.6 cm³/mol. The minimum Gasteiger partial charge on any atom is -0.253 e. The summed E-state index contributed by atoms with van der Waals surface area (Å²) in [4.78, 5) is 4.77. The van der Waals surface area contributed by atoms with Gasteiger partial charge in [-0.1, -0.05) is 72.7 Å². The van der Waals surface area contributed by atoms with Crippen LogP contribution in [0.3, 0.4) is 0 Å². The van der Waals surface area contributed by atoms with E-state index in [1.165, 1.54) is 30.3 Å². The van der Waals surface area contributed by atoms with Gasteiger partial charge in [-0.15, -0.1) is 0 Å². The quantitative estimate of drug-likeness (QED) is 0.613. The van der Waals surface area contributed by atoms with E-state index >= 15 is 0 Å². The summed E-state index contributed by atoms with van der Waals surface area (Å²) in [6.07, 6.45) is 7.16. The maximum Gasteiger partial charge on any atom is 0.0705 e. The van der Waals surface area contributed by atoms with Crippen LogP contribution in [0, 0.1) is 5.92 Å². The molecular weight excluding hydrogens is 345 g/mol. The highest BCUT2D eigenvalue weighted by Gasteiger charge is 2.07. The molecule has 1 unspecified atom stereocenters. The first kappa shape index (κ1) is 14.5. The number of benzene rings is 1. The summed E-state index contributed by atoms with van der Waals surface area (Å²) >= 11 is 2.31. The average Bonchev–Trinajstić information content (AvgIpc) is 2.45. The van der Waals surface area contributed by atoms with Crippen LogP contribution in [0.2, 0.25) is 0 Å². The van der Waals surface area contributed by atoms with E-state index < -0.39 is 0 Å². The number of allylic oxidation sites excluding steroid dienone is 1. The number of halogens is 1. The summed E-state index contributed by atoms with van der Waals surface area (Å²) < 4.78 is 2.14. The zero-order chi connectivity index (χ0) is 13.5. The average molecular weight is 365 g/mol. The van der Waals surface area contributed by atoms with Crippen LogP contribution < -0.4 is 0 Å². The number of pyridine rings is 1. The van der Waals surface area contributed by atoms with E-state index in [0.29, 0.717) is 5.92 Å². The van der Waals surface area contributed by atoms with Crippen LogP contribution in [0.25, 0.3) is 10.9 Å². The van der Waals surface area contributed by atoms with E-state index in [-0.39, 0.29) is 0 Å². The summed E-state index contributed by atoms with van der Waals surface area (Å²) in [6.45, 7) is 2.25. The molecule has 0 radical (unpaired) electrons. The summed E-state index contributed by atoms with van der Waals surface area (Å²) in [6, 6.07) is 12.7. The molecule has 1 atom stereocenters. The molecule has 0 saturated carbocycles. The fourth-order valence-electron chi connectivity index (χ4n) is 2.33. The molecule has 0 aliphatic rings. The summed E-state index contributed by atoms with van der Waals surface area (Å²) in [5.74, 6) is 0.616. The van der Waals surface area contributed by atoms with Crippen LogP contribution in [0.5, 0.6) is 0 Å². The van der Waals surface area contributed by atoms with Crippen LogP contribution in [0.15, 0.2) is 46.6 Å². The number of para-hydroxylation sites is 1. The zero-order valence-corrected chi connectivity index (χ0v) is 13.5. The van der Waals surface area contributed by atoms with Crippen molar-refractivity contribution in [3.05, 3.63) is 52.3 Å². The molecule has 1 nitrogen and oxygen atoms in total. The minimum absolute atomic E-state index is 0.616. The molecule has 2 aromatic rings. The first-order valence-electron chi connectivity index (χ1n) is 6.95. The molecule has 1 aromatic carbocycles. The van der Waals surface area contributed by atoms with Crippen molar-refractivity contribution in [2.45, 2.75) is 32.6 Å². The third kappa shape index (κ3) is 4.30. The van der Waals surface area contributed by atoms with Crippen molar-refractivity contribution in [2.75, 3.05) is 0 Å². The third-order valence-corrected chi connectivity index (χ3v) is 3.82. The molecule has 0 aliphatic carbocycles. The lowest BCUT2D eigenvalue weighted by molar-refractivity contribution is 0.548. The largest absolute Gasteiger partial charge is 0.253 e. The Kier molecular flexibility index (Phi) is 5.83. The second kappa shape index (κ2) is 7.63. The van der Waals surface area contributed by atoms with Crippen molar-refractivity contribution in [1.82, 2.24) is 4.98 Å². The molecule has 0 bridgehead atoms. The topological polar surface area (TPSA) is 12.9 Å². The number of hydrogen-bond acceptors (Lipinski definition) is 1. The smallest absolute Gasteiger partial charge is 0.0705 e. The normalized spacial score (nSPS) is 13.2. The summed E-state index contributed by atoms with van der Waals surface area (Å²) in [5, 5.41) is 1.22. The predicted octanol–water partition coefficient (Wildman–Crippen LogP) is 5.53. The summed E-state index contributed by atoms with van der Waals surface area (Å²) in [7, 11) is 0. The van der Waals surface area contributed by atoms with Gasteiger partial charge in [0, 0.05) is 11.1 Å². The Morgan fingerprint density at radius 1 is 1.21 bits per heavy atom. The molecule has 0 fully saturated rings. The number of unbranched alkanes of at least 4 members (excludes halogenated alkanes) is 1. The first-order chi connectivity index (χ1) is 9.33. The van der Waals surface area contributed by atoms with Crippen molar-refractivity contribution < 1.29 is 0 Å². The fraction of sp³-hybridized carbons (Fsp3) is 0.353. The van der Waals surface area contributed by atoms with Crippen molar-refractivity contribution in [3.63, 3.8) is 0 Å². The molecule has 19 heavy (non-hydrogen) atoms. The molecule has 2 heteroatoms. The van der Waals surface area contributed by atoms with Gasteiger partial charge in [-0.3, -0.25) is 4.98 Å². The van der Waals surface area contributed by atoms with Gasteiger partial charge in [0.1, 0.15) is 0 Å². The van der Waals surface area contributed by atoms with Crippen molar-refractivity contribution >= 4 is 33.5 Å². The molecule has 1 heterocycles. The maximum atomic E-state index is 4.77. The van der Waals surface area contributed by atoms with Gasteiger partial charge < -0.3 is 0 Å². The molecule has 1 aromatic heterocycles. The number of hydrogen-bond donors (Lipinski definition) is 0. The Morgan fingerprint density at radius 2 is 2.05 bits per heavy atom. The van der Waals surface area contributed by atoms with Crippen molar-refractivity contribution in [3.8, 4) is 0 Å². The van der Waals surface area contributed by atoms with Crippen molar-refractivity contribution in [1.29, 1.82) is 0 Å². The van der Waals surface area contributed by atoms with Gasteiger partial charge >= 0.3 is 0 Å². The highest BCUT2D eigenvalue weighted by atomic mass is 127. The SMILES string of the molecule is CCCCC(C=CI)Cc1ccc2ccccc2n1. The van der Waals surface area contributed by atoms with E-state index in [0.717, 1.165) is 11.9 Å². The van der Waals surface area contributed by atoms with Gasteiger partial charge in [-0.2, -0.15) is 0 Å². The number of fused-ring (bicyclic) bond motifs is 1. The van der Waals surface area contributed by atoms with Crippen LogP contribution in [-0.4, -0.2) is 4.98 Å². The first-order valence-corrected chi connectivity index (χ1v) is 8.19. The number of nitrogens with zero attached hydrogens (tertiary/aromatic N) is 1. The van der Waals surface area contributed by atoms with E-state index in [9.17, 15) is 0 Å². The molecule has 0 spiro atoms. The standard InChI is InChI=1S/C17H20IN/c1-2-3-6-14(11-12-18)13-16-10-9-15-7-4-5-8-17(15)19-16/h4-5,7-12,14H,2-3,6,13H2,1H3. The summed E-state index contributed by atoms with van der Waals surface area (Å²) in [5.41, 5.74) is 2.31. The number of rotatable bonds is 6. The van der Waals surface area contributed by atoms with Gasteiger partial charge in [0.05, 0.1) is 5.52 Å². The molecule has 2 rings (SSSR count). The molecule has 100 valence electrons. The van der Waals surface area contributed by atoms with E-state index in [1.807, 2.05) is 0 Å². The highest BCUT2D eigenvalue weighted by molar-refractivity contribution is 14.1. The van der Waals surface area contributed by atoms with Gasteiger partial charge in [0.25, 0.3) is 0 Å². The lowest BCUT2D eigenvalue weighted by atomic mass is 9.96. The molecule has 0 saturated heterocycles. The Hall–Kier alpha value is -0.900. The second-order valence-corrected chi connectivity index (χ2v) is 5.64. The Labute approximate surface area is 129 Å². The zero-order valence-electron chi connectivity index (χ0n) is 11.3. The lowest BCUT2D eigenvalue weighted by Crippen LogP contribution is -2.03. The molecule has 0 aliphatic heterocycles. The molecular formula is C17H20IN. The van der Waals surface area contributed by atoms with Crippen LogP contribution in [-0.2, 0) is 6.42 Å². The third-order valence-electron chi connectivity index (χ3n) is 3.40. The Balaban J connectivity index is 2.13. The van der Waals surface area contributed by atoms with Crippen LogP contribution in [0.1, 0.15) is 31.9 Å². The van der Waals surface area contributed by atoms with Crippen molar-refractivity contribution in [2.24, 2.45) is 5.92 Å². The van der Waals surface area contributed by atoms with Gasteiger partial charge in [0.15, 0.2) is 0 Å². The fourth-order valence-corrected chi connectivity index (χ4v) is 2.91. The van der Waals surface area contributed by atoms with Gasteiger partial charge in [0.2, 0.25) is 0 Å². The Morgan fingerprint density at radius 3 is 2.84 bits per heavy atom. The molecule has 0 amide bonds. The molecule has 0 N–H and O–H groups in total. The van der Waals surface area contributed by atoms with Crippen LogP contribution >= 0.6 is 22.6 Å². The minimum atomic E-state index is 0.616. The van der Waals surface area contributed by atoms with E-state index in [1.54, 1.807) is 0 Å². The van der Waals surface area contributed by atoms with E-state index in [2.05, 4.69) is 76.1 Å². The van der Waals surface area contributed by atoms with Crippen LogP contribution in [0.4, 0.5) is 0 Å². The lowest BCUT2D eigenvalue weighted by Gasteiger charge is -2.12. The highest BCUT2D eigenvalue weighted by Crippen LogP contribution is 2.19. The van der Waals surface area contributed by atoms with Gasteiger partial charge in [-0.05, 0) is 35.0 Å². The maximum absolute atomic E-state index is 4.77. The number of aromatic nitrogens is 1. The monoisotopic (exact) mass is 365 g/mol. The van der Waals surface area contributed by atoms with E-state index in [4.69, 9.17) is 4.98 Å². The van der Waals surface area contributed by atoms with Gasteiger partial charge in [-0.25, -0.2) is 0 Å².